The molecular weight excluding hydrogens is 241 g/mol. The first-order chi connectivity index (χ1) is 7.99. The van der Waals surface area contributed by atoms with Crippen LogP contribution in [0.3, 0.4) is 0 Å². The molecule has 1 atom stereocenters. The van der Waals surface area contributed by atoms with Crippen LogP contribution in [0.2, 0.25) is 5.02 Å². The summed E-state index contributed by atoms with van der Waals surface area (Å²) >= 11 is 5.75. The van der Waals surface area contributed by atoms with Crippen molar-refractivity contribution in [1.29, 1.82) is 0 Å². The zero-order valence-corrected chi connectivity index (χ0v) is 10.7. The van der Waals surface area contributed by atoms with Gasteiger partial charge in [-0.2, -0.15) is 0 Å². The Bertz CT molecular complexity index is 461. The third-order valence-electron chi connectivity index (χ3n) is 3.30. The molecule has 0 saturated carbocycles. The van der Waals surface area contributed by atoms with Crippen molar-refractivity contribution in [3.8, 4) is 0 Å². The van der Waals surface area contributed by atoms with Gasteiger partial charge in [0.1, 0.15) is 11.6 Å². The third-order valence-corrected chi connectivity index (χ3v) is 3.59. The fourth-order valence-corrected chi connectivity index (χ4v) is 2.28. The van der Waals surface area contributed by atoms with Crippen molar-refractivity contribution in [3.63, 3.8) is 0 Å². The summed E-state index contributed by atoms with van der Waals surface area (Å²) in [6, 6.07) is 3.15. The largest absolute Gasteiger partial charge is 0.370 e. The Morgan fingerprint density at radius 2 is 2.29 bits per heavy atom. The highest BCUT2D eigenvalue weighted by Gasteiger charge is 2.23. The fourth-order valence-electron chi connectivity index (χ4n) is 2.10. The summed E-state index contributed by atoms with van der Waals surface area (Å²) in [5, 5.41) is 0.171. The number of anilines is 1. The van der Waals surface area contributed by atoms with E-state index < -0.39 is 5.82 Å². The van der Waals surface area contributed by atoms with Crippen LogP contribution in [0.15, 0.2) is 12.1 Å². The molecule has 1 aromatic rings. The predicted octanol–water partition coefficient (Wildman–Crippen LogP) is 3.07. The molecule has 0 spiro atoms. The lowest BCUT2D eigenvalue weighted by atomic mass is 10.1. The van der Waals surface area contributed by atoms with Crippen LogP contribution in [-0.4, -0.2) is 18.9 Å². The highest BCUT2D eigenvalue weighted by molar-refractivity contribution is 6.30. The lowest BCUT2D eigenvalue weighted by Crippen LogP contribution is -2.29. The number of fused-ring (bicyclic) bond motifs is 1. The number of benzene rings is 1. The second-order valence-electron chi connectivity index (χ2n) is 4.60. The second-order valence-corrected chi connectivity index (χ2v) is 5.01. The van der Waals surface area contributed by atoms with Crippen molar-refractivity contribution in [1.82, 2.24) is 0 Å². The highest BCUT2D eigenvalue weighted by Crippen LogP contribution is 2.32. The number of halogens is 2. The first kappa shape index (κ1) is 12.4. The van der Waals surface area contributed by atoms with Crippen LogP contribution in [0, 0.1) is 11.7 Å². The maximum absolute atomic E-state index is 13.4. The molecule has 0 N–H and O–H groups in total. The number of carbonyl (C=O) groups is 1. The molecule has 0 radical (unpaired) electrons. The molecule has 92 valence electrons. The second kappa shape index (κ2) is 4.65. The van der Waals surface area contributed by atoms with Crippen LogP contribution in [0.4, 0.5) is 10.1 Å². The van der Waals surface area contributed by atoms with Gasteiger partial charge in [0.05, 0.1) is 5.02 Å². The molecule has 0 unspecified atom stereocenters. The van der Waals surface area contributed by atoms with E-state index in [1.165, 1.54) is 6.07 Å². The third kappa shape index (κ3) is 2.44. The van der Waals surface area contributed by atoms with E-state index in [2.05, 4.69) is 4.90 Å². The number of nitrogens with zero attached hydrogens (tertiary/aromatic N) is 1. The van der Waals surface area contributed by atoms with Gasteiger partial charge in [0.25, 0.3) is 0 Å². The Morgan fingerprint density at radius 3 is 2.94 bits per heavy atom. The van der Waals surface area contributed by atoms with Crippen LogP contribution in [0.25, 0.3) is 0 Å². The summed E-state index contributed by atoms with van der Waals surface area (Å²) < 4.78 is 13.4. The smallest absolute Gasteiger partial charge is 0.143 e. The van der Waals surface area contributed by atoms with Gasteiger partial charge in [-0.3, -0.25) is 4.79 Å². The van der Waals surface area contributed by atoms with Gasteiger partial charge in [-0.25, -0.2) is 4.39 Å². The normalized spacial score (nSPS) is 15.9. The Balaban J connectivity index is 2.22. The molecule has 0 bridgehead atoms. The lowest BCUT2D eigenvalue weighted by molar-refractivity contribution is -0.119. The van der Waals surface area contributed by atoms with Crippen LogP contribution in [-0.2, 0) is 11.2 Å². The predicted molar refractivity (Wildman–Crippen MR) is 67.2 cm³/mol. The van der Waals surface area contributed by atoms with E-state index in [0.717, 1.165) is 24.2 Å². The molecule has 4 heteroatoms. The van der Waals surface area contributed by atoms with Gasteiger partial charge in [0.15, 0.2) is 0 Å². The van der Waals surface area contributed by atoms with E-state index in [0.29, 0.717) is 6.54 Å². The number of Topliss-reactive ketones (excluding diaryl/α,β-unsaturated/α-hetero) is 1. The van der Waals surface area contributed by atoms with E-state index in [9.17, 15) is 9.18 Å². The topological polar surface area (TPSA) is 20.3 Å². The quantitative estimate of drug-likeness (QED) is 0.827. The van der Waals surface area contributed by atoms with E-state index >= 15 is 0 Å². The maximum Gasteiger partial charge on any atom is 0.143 e. The highest BCUT2D eigenvalue weighted by atomic mass is 35.5. The summed E-state index contributed by atoms with van der Waals surface area (Å²) in [5.74, 6) is -0.264. The standard InChI is InChI=1S/C13H15ClFNO/c1-8(9(2)17)7-16-4-3-10-5-11(14)12(15)6-13(10)16/h5-6,8H,3-4,7H2,1-2H3/t8-/m1/s1. The van der Waals surface area contributed by atoms with Gasteiger partial charge < -0.3 is 4.90 Å². The molecule has 0 saturated heterocycles. The Kier molecular flexibility index (Phi) is 3.38. The number of hydrogen-bond acceptors (Lipinski definition) is 2. The van der Waals surface area contributed by atoms with Gasteiger partial charge >= 0.3 is 0 Å². The van der Waals surface area contributed by atoms with E-state index in [1.807, 2.05) is 6.92 Å². The number of hydrogen-bond donors (Lipinski definition) is 0. The number of rotatable bonds is 3. The molecule has 1 aliphatic rings. The molecule has 0 aliphatic carbocycles. The molecule has 1 heterocycles. The minimum absolute atomic E-state index is 0.0281. The minimum atomic E-state index is -0.396. The summed E-state index contributed by atoms with van der Waals surface area (Å²) in [7, 11) is 0. The van der Waals surface area contributed by atoms with Gasteiger partial charge in [-0.05, 0) is 31.0 Å². The number of ketones is 1. The van der Waals surface area contributed by atoms with E-state index in [-0.39, 0.29) is 16.7 Å². The van der Waals surface area contributed by atoms with E-state index in [1.54, 1.807) is 13.0 Å². The maximum atomic E-state index is 13.4. The summed E-state index contributed by atoms with van der Waals surface area (Å²) in [6.07, 6.45) is 0.861. The van der Waals surface area contributed by atoms with Crippen molar-refractivity contribution in [2.45, 2.75) is 20.3 Å². The van der Waals surface area contributed by atoms with Crippen molar-refractivity contribution in [3.05, 3.63) is 28.5 Å². The molecule has 1 aliphatic heterocycles. The average molecular weight is 256 g/mol. The van der Waals surface area contributed by atoms with Crippen LogP contribution >= 0.6 is 11.6 Å². The van der Waals surface area contributed by atoms with Crippen LogP contribution in [0.1, 0.15) is 19.4 Å². The molecule has 2 nitrogen and oxygen atoms in total. The van der Waals surface area contributed by atoms with Crippen LogP contribution in [0.5, 0.6) is 0 Å². The Hall–Kier alpha value is -1.09. The van der Waals surface area contributed by atoms with Crippen molar-refractivity contribution in [2.24, 2.45) is 5.92 Å². The van der Waals surface area contributed by atoms with Gasteiger partial charge in [0.2, 0.25) is 0 Å². The Labute approximate surface area is 105 Å². The monoisotopic (exact) mass is 255 g/mol. The minimum Gasteiger partial charge on any atom is -0.370 e. The van der Waals surface area contributed by atoms with Gasteiger partial charge in [-0.1, -0.05) is 18.5 Å². The molecule has 0 fully saturated rings. The first-order valence-corrected chi connectivity index (χ1v) is 6.10. The lowest BCUT2D eigenvalue weighted by Gasteiger charge is -2.22. The van der Waals surface area contributed by atoms with Crippen molar-refractivity contribution >= 4 is 23.1 Å². The average Bonchev–Trinajstić information content (AvgIpc) is 2.62. The summed E-state index contributed by atoms with van der Waals surface area (Å²) in [6.45, 7) is 4.95. The fraction of sp³-hybridized carbons (Fsp3) is 0.462. The molecule has 0 amide bonds. The zero-order valence-electron chi connectivity index (χ0n) is 9.96. The Morgan fingerprint density at radius 1 is 1.59 bits per heavy atom. The molecule has 17 heavy (non-hydrogen) atoms. The van der Waals surface area contributed by atoms with Gasteiger partial charge in [0, 0.05) is 24.7 Å². The van der Waals surface area contributed by atoms with Crippen LogP contribution < -0.4 is 4.90 Å². The summed E-state index contributed by atoms with van der Waals surface area (Å²) in [4.78, 5) is 13.3. The summed E-state index contributed by atoms with van der Waals surface area (Å²) in [5.41, 5.74) is 1.94. The van der Waals surface area contributed by atoms with Gasteiger partial charge in [-0.15, -0.1) is 0 Å². The zero-order chi connectivity index (χ0) is 12.6. The van der Waals surface area contributed by atoms with Crippen molar-refractivity contribution in [2.75, 3.05) is 18.0 Å². The molecular formula is C13H15ClFNO. The molecule has 1 aromatic carbocycles. The molecule has 0 aromatic heterocycles. The number of carbonyl (C=O) groups excluding carboxylic acids is 1. The first-order valence-electron chi connectivity index (χ1n) is 5.72. The SMILES string of the molecule is CC(=O)[C@H](C)CN1CCc2cc(Cl)c(F)cc21. The molecule has 2 rings (SSSR count). The van der Waals surface area contributed by atoms with Crippen molar-refractivity contribution < 1.29 is 9.18 Å². The van der Waals surface area contributed by atoms with E-state index in [4.69, 9.17) is 11.6 Å².